The Kier molecular flexibility index (Phi) is 4.36. The van der Waals surface area contributed by atoms with Gasteiger partial charge < -0.3 is 14.6 Å². The number of hydrogen-bond acceptors (Lipinski definition) is 4. The molecule has 0 saturated heterocycles. The summed E-state index contributed by atoms with van der Waals surface area (Å²) in [6, 6.07) is 0.308. The van der Waals surface area contributed by atoms with E-state index >= 15 is 0 Å². The van der Waals surface area contributed by atoms with Crippen molar-refractivity contribution in [3.63, 3.8) is 0 Å². The average molecular weight is 251 g/mol. The van der Waals surface area contributed by atoms with E-state index in [1.54, 1.807) is 6.20 Å². The van der Waals surface area contributed by atoms with E-state index in [0.717, 1.165) is 18.8 Å². The van der Waals surface area contributed by atoms with Crippen LogP contribution in [0.2, 0.25) is 0 Å². The molecule has 0 aromatic carbocycles. The summed E-state index contributed by atoms with van der Waals surface area (Å²) in [5.74, 6) is 0.839. The molecule has 1 fully saturated rings. The third-order valence-corrected chi connectivity index (χ3v) is 3.17. The molecule has 1 aliphatic carbocycles. The minimum Gasteiger partial charge on any atom is -0.465 e. The third-order valence-electron chi connectivity index (χ3n) is 3.17. The van der Waals surface area contributed by atoms with Gasteiger partial charge in [0, 0.05) is 25.0 Å². The van der Waals surface area contributed by atoms with E-state index in [1.807, 2.05) is 20.0 Å². The molecule has 5 heteroatoms. The summed E-state index contributed by atoms with van der Waals surface area (Å²) in [7, 11) is 0. The van der Waals surface area contributed by atoms with Crippen LogP contribution >= 0.6 is 0 Å². The number of aryl methyl sites for hydroxylation is 2. The van der Waals surface area contributed by atoms with E-state index < -0.39 is 0 Å². The van der Waals surface area contributed by atoms with Crippen molar-refractivity contribution in [3.8, 4) is 0 Å². The molecule has 5 nitrogen and oxygen atoms in total. The molecule has 1 heterocycles. The zero-order valence-electron chi connectivity index (χ0n) is 11.1. The van der Waals surface area contributed by atoms with Gasteiger partial charge in [0.1, 0.15) is 11.9 Å². The molecular weight excluding hydrogens is 230 g/mol. The standard InChI is InChI=1S/C13H21N3O2/c1-3-18-13(17)12(15-11-4-5-11)6-8-16-9-7-14-10(16)2/h7,9,11-12,15H,3-6,8H2,1-2H3. The largest absolute Gasteiger partial charge is 0.465 e. The number of ether oxygens (including phenoxy) is 1. The van der Waals surface area contributed by atoms with Gasteiger partial charge >= 0.3 is 5.97 Å². The molecule has 1 aromatic rings. The second-order valence-corrected chi connectivity index (χ2v) is 4.70. The van der Waals surface area contributed by atoms with Crippen molar-refractivity contribution in [3.05, 3.63) is 18.2 Å². The molecule has 1 atom stereocenters. The smallest absolute Gasteiger partial charge is 0.323 e. The van der Waals surface area contributed by atoms with Crippen LogP contribution in [-0.4, -0.2) is 34.2 Å². The number of rotatable bonds is 7. The lowest BCUT2D eigenvalue weighted by atomic mass is 10.2. The van der Waals surface area contributed by atoms with E-state index in [4.69, 9.17) is 4.74 Å². The predicted octanol–water partition coefficient (Wildman–Crippen LogP) is 1.27. The fourth-order valence-corrected chi connectivity index (χ4v) is 1.95. The Labute approximate surface area is 108 Å². The van der Waals surface area contributed by atoms with Crippen molar-refractivity contribution < 1.29 is 9.53 Å². The van der Waals surface area contributed by atoms with Crippen LogP contribution in [0.1, 0.15) is 32.0 Å². The minimum atomic E-state index is -0.195. The van der Waals surface area contributed by atoms with Crippen LogP contribution < -0.4 is 5.32 Å². The van der Waals surface area contributed by atoms with Gasteiger partial charge in [0.15, 0.2) is 0 Å². The lowest BCUT2D eigenvalue weighted by Crippen LogP contribution is -2.40. The molecular formula is C13H21N3O2. The normalized spacial score (nSPS) is 16.6. The Balaban J connectivity index is 1.87. The number of imidazole rings is 1. The summed E-state index contributed by atoms with van der Waals surface area (Å²) in [5.41, 5.74) is 0. The topological polar surface area (TPSA) is 56.2 Å². The van der Waals surface area contributed by atoms with Crippen LogP contribution in [-0.2, 0) is 16.1 Å². The quantitative estimate of drug-likeness (QED) is 0.741. The fraction of sp³-hybridized carbons (Fsp3) is 0.692. The molecule has 0 radical (unpaired) electrons. The maximum absolute atomic E-state index is 11.8. The van der Waals surface area contributed by atoms with Crippen LogP contribution in [0.25, 0.3) is 0 Å². The zero-order valence-corrected chi connectivity index (χ0v) is 11.1. The maximum Gasteiger partial charge on any atom is 0.323 e. The highest BCUT2D eigenvalue weighted by atomic mass is 16.5. The lowest BCUT2D eigenvalue weighted by molar-refractivity contribution is -0.146. The predicted molar refractivity (Wildman–Crippen MR) is 68.2 cm³/mol. The molecule has 100 valence electrons. The summed E-state index contributed by atoms with van der Waals surface area (Å²) in [6.45, 7) is 5.03. The van der Waals surface area contributed by atoms with Crippen molar-refractivity contribution in [1.82, 2.24) is 14.9 Å². The molecule has 1 N–H and O–H groups in total. The number of nitrogens with one attached hydrogen (secondary N) is 1. The second-order valence-electron chi connectivity index (χ2n) is 4.70. The van der Waals surface area contributed by atoms with Gasteiger partial charge in [-0.25, -0.2) is 4.98 Å². The van der Waals surface area contributed by atoms with E-state index in [1.165, 1.54) is 12.8 Å². The number of nitrogens with zero attached hydrogens (tertiary/aromatic N) is 2. The van der Waals surface area contributed by atoms with Crippen LogP contribution in [0, 0.1) is 6.92 Å². The monoisotopic (exact) mass is 251 g/mol. The SMILES string of the molecule is CCOC(=O)C(CCn1ccnc1C)NC1CC1. The van der Waals surface area contributed by atoms with Gasteiger partial charge in [-0.15, -0.1) is 0 Å². The molecule has 18 heavy (non-hydrogen) atoms. The summed E-state index contributed by atoms with van der Waals surface area (Å²) < 4.78 is 7.16. The van der Waals surface area contributed by atoms with Gasteiger partial charge in [-0.1, -0.05) is 0 Å². The van der Waals surface area contributed by atoms with Gasteiger partial charge in [0.05, 0.1) is 6.61 Å². The zero-order chi connectivity index (χ0) is 13.0. The molecule has 1 saturated carbocycles. The van der Waals surface area contributed by atoms with E-state index in [9.17, 15) is 4.79 Å². The van der Waals surface area contributed by atoms with Crippen molar-refractivity contribution in [2.24, 2.45) is 0 Å². The summed E-state index contributed by atoms with van der Waals surface area (Å²) in [4.78, 5) is 16.0. The average Bonchev–Trinajstić information content (AvgIpc) is 3.07. The molecule has 0 aliphatic heterocycles. The highest BCUT2D eigenvalue weighted by molar-refractivity contribution is 5.75. The molecule has 0 spiro atoms. The number of carbonyl (C=O) groups excluding carboxylic acids is 1. The van der Waals surface area contributed by atoms with Crippen molar-refractivity contribution in [2.45, 2.75) is 51.7 Å². The summed E-state index contributed by atoms with van der Waals surface area (Å²) in [6.07, 6.45) is 6.80. The fourth-order valence-electron chi connectivity index (χ4n) is 1.95. The molecule has 0 bridgehead atoms. The van der Waals surface area contributed by atoms with E-state index in [0.29, 0.717) is 12.6 Å². The Hall–Kier alpha value is -1.36. The Morgan fingerprint density at radius 1 is 1.67 bits per heavy atom. The third kappa shape index (κ3) is 3.57. The molecule has 2 rings (SSSR count). The molecule has 1 aliphatic rings. The van der Waals surface area contributed by atoms with Gasteiger partial charge in [0.2, 0.25) is 0 Å². The first kappa shape index (κ1) is 13.1. The molecule has 1 unspecified atom stereocenters. The van der Waals surface area contributed by atoms with Crippen LogP contribution in [0.4, 0.5) is 0 Å². The number of esters is 1. The summed E-state index contributed by atoms with van der Waals surface area (Å²) >= 11 is 0. The molecule has 0 amide bonds. The summed E-state index contributed by atoms with van der Waals surface area (Å²) in [5, 5.41) is 3.35. The van der Waals surface area contributed by atoms with Crippen molar-refractivity contribution >= 4 is 5.97 Å². The van der Waals surface area contributed by atoms with Crippen molar-refractivity contribution in [1.29, 1.82) is 0 Å². The van der Waals surface area contributed by atoms with Gasteiger partial charge in [-0.2, -0.15) is 0 Å². The maximum atomic E-state index is 11.8. The van der Waals surface area contributed by atoms with Gasteiger partial charge in [-0.3, -0.25) is 4.79 Å². The first-order valence-corrected chi connectivity index (χ1v) is 6.61. The van der Waals surface area contributed by atoms with E-state index in [-0.39, 0.29) is 12.0 Å². The Morgan fingerprint density at radius 2 is 2.44 bits per heavy atom. The van der Waals surface area contributed by atoms with Crippen molar-refractivity contribution in [2.75, 3.05) is 6.61 Å². The second kappa shape index (κ2) is 6.00. The number of aromatic nitrogens is 2. The highest BCUT2D eigenvalue weighted by Crippen LogP contribution is 2.20. The lowest BCUT2D eigenvalue weighted by Gasteiger charge is -2.17. The Bertz CT molecular complexity index is 399. The molecule has 1 aromatic heterocycles. The number of hydrogen-bond donors (Lipinski definition) is 1. The van der Waals surface area contributed by atoms with Crippen LogP contribution in [0.15, 0.2) is 12.4 Å². The van der Waals surface area contributed by atoms with Crippen LogP contribution in [0.3, 0.4) is 0 Å². The first-order chi connectivity index (χ1) is 8.70. The van der Waals surface area contributed by atoms with Gasteiger partial charge in [0.25, 0.3) is 0 Å². The first-order valence-electron chi connectivity index (χ1n) is 6.61. The number of carbonyl (C=O) groups is 1. The minimum absolute atomic E-state index is 0.137. The van der Waals surface area contributed by atoms with Gasteiger partial charge in [-0.05, 0) is 33.1 Å². The van der Waals surface area contributed by atoms with E-state index in [2.05, 4.69) is 14.9 Å². The van der Waals surface area contributed by atoms with Crippen LogP contribution in [0.5, 0.6) is 0 Å². The Morgan fingerprint density at radius 3 is 3.00 bits per heavy atom. The highest BCUT2D eigenvalue weighted by Gasteiger charge is 2.28.